The predicted molar refractivity (Wildman–Crippen MR) is 115 cm³/mol. The summed E-state index contributed by atoms with van der Waals surface area (Å²) in [6.45, 7) is 10.6. The fraction of sp³-hybridized carbons (Fsp3) is 0.700. The predicted octanol–water partition coefficient (Wildman–Crippen LogP) is 1.92. The highest BCUT2D eigenvalue weighted by Crippen LogP contribution is 2.36. The average molecular weight is 446 g/mol. The maximum atomic E-state index is 13.0. The van der Waals surface area contributed by atoms with Crippen LogP contribution in [0.3, 0.4) is 0 Å². The lowest BCUT2D eigenvalue weighted by Crippen LogP contribution is -2.42. The number of nitrogens with one attached hydrogen (secondary N) is 2. The SMILES string of the molecule is COC1(C)C=C(C)C(S(=O)(=O)N(C)CC(=O)NCCNC(=O)OC(C)(C)C)=C(C)C1. The lowest BCUT2D eigenvalue weighted by atomic mass is 9.89. The monoisotopic (exact) mass is 445 g/mol. The number of sulfonamides is 1. The normalized spacial score (nSPS) is 20.1. The standard InChI is InChI=1S/C20H35N3O6S/c1-14-11-20(6,28-8)12-15(2)17(14)30(26,27)23(7)13-16(24)21-9-10-22-18(25)29-19(3,4)5/h11H,9-10,12-13H2,1-8H3,(H,21,24)(H,22,25). The van der Waals surface area contributed by atoms with Crippen molar-refractivity contribution in [3.8, 4) is 0 Å². The van der Waals surface area contributed by atoms with Gasteiger partial charge in [0.15, 0.2) is 0 Å². The van der Waals surface area contributed by atoms with Crippen LogP contribution >= 0.6 is 0 Å². The number of carbonyl (C=O) groups is 2. The molecule has 30 heavy (non-hydrogen) atoms. The Morgan fingerprint density at radius 2 is 1.77 bits per heavy atom. The van der Waals surface area contributed by atoms with Crippen molar-refractivity contribution in [3.05, 3.63) is 22.1 Å². The van der Waals surface area contributed by atoms with Gasteiger partial charge in [-0.05, 0) is 58.8 Å². The van der Waals surface area contributed by atoms with Gasteiger partial charge in [0.2, 0.25) is 15.9 Å². The van der Waals surface area contributed by atoms with Crippen LogP contribution < -0.4 is 10.6 Å². The molecule has 172 valence electrons. The molecular formula is C20H35N3O6S. The Bertz CT molecular complexity index is 826. The molecule has 0 heterocycles. The number of allylic oxidation sites excluding steroid dienone is 1. The summed E-state index contributed by atoms with van der Waals surface area (Å²) in [6, 6.07) is 0. The van der Waals surface area contributed by atoms with Crippen molar-refractivity contribution in [1.29, 1.82) is 0 Å². The Morgan fingerprint density at radius 3 is 2.27 bits per heavy atom. The van der Waals surface area contributed by atoms with Crippen molar-refractivity contribution in [2.24, 2.45) is 0 Å². The van der Waals surface area contributed by atoms with E-state index in [9.17, 15) is 18.0 Å². The topological polar surface area (TPSA) is 114 Å². The smallest absolute Gasteiger partial charge is 0.407 e. The van der Waals surface area contributed by atoms with Gasteiger partial charge in [-0.1, -0.05) is 0 Å². The molecular weight excluding hydrogens is 410 g/mol. The second-order valence-electron chi connectivity index (χ2n) is 8.67. The molecule has 1 atom stereocenters. The van der Waals surface area contributed by atoms with E-state index in [-0.39, 0.29) is 24.5 Å². The van der Waals surface area contributed by atoms with E-state index in [1.807, 2.05) is 6.92 Å². The third kappa shape index (κ3) is 7.41. The largest absolute Gasteiger partial charge is 0.444 e. The molecule has 2 N–H and O–H groups in total. The summed E-state index contributed by atoms with van der Waals surface area (Å²) >= 11 is 0. The van der Waals surface area contributed by atoms with Gasteiger partial charge in [0.05, 0.1) is 17.1 Å². The van der Waals surface area contributed by atoms with Crippen LogP contribution in [0, 0.1) is 0 Å². The molecule has 0 fully saturated rings. The number of hydrogen-bond donors (Lipinski definition) is 2. The number of alkyl carbamates (subject to hydrolysis) is 1. The van der Waals surface area contributed by atoms with Gasteiger partial charge < -0.3 is 20.1 Å². The zero-order chi connectivity index (χ0) is 23.3. The molecule has 1 aliphatic rings. The number of methoxy groups -OCH3 is 1. The van der Waals surface area contributed by atoms with Gasteiger partial charge in [-0.3, -0.25) is 4.79 Å². The number of likely N-dealkylation sites (N-methyl/N-ethyl adjacent to an activating group) is 1. The Balaban J connectivity index is 2.64. The van der Waals surface area contributed by atoms with Gasteiger partial charge in [0.25, 0.3) is 0 Å². The highest BCUT2D eigenvalue weighted by molar-refractivity contribution is 7.93. The minimum Gasteiger partial charge on any atom is -0.444 e. The first-order valence-corrected chi connectivity index (χ1v) is 11.2. The highest BCUT2D eigenvalue weighted by Gasteiger charge is 2.35. The first kappa shape index (κ1) is 26.1. The molecule has 0 spiro atoms. The van der Waals surface area contributed by atoms with E-state index in [0.717, 1.165) is 4.31 Å². The summed E-state index contributed by atoms with van der Waals surface area (Å²) in [5.41, 5.74) is 0.124. The molecule has 0 saturated carbocycles. The summed E-state index contributed by atoms with van der Waals surface area (Å²) in [5, 5.41) is 5.11. The van der Waals surface area contributed by atoms with Crippen LogP contribution in [0.1, 0.15) is 48.0 Å². The summed E-state index contributed by atoms with van der Waals surface area (Å²) in [5.74, 6) is -0.468. The molecule has 10 heteroatoms. The van der Waals surface area contributed by atoms with Crippen molar-refractivity contribution in [3.63, 3.8) is 0 Å². The zero-order valence-electron chi connectivity index (χ0n) is 19.2. The van der Waals surface area contributed by atoms with Gasteiger partial charge >= 0.3 is 6.09 Å². The van der Waals surface area contributed by atoms with Crippen LogP contribution in [-0.4, -0.2) is 69.7 Å². The van der Waals surface area contributed by atoms with Crippen LogP contribution in [-0.2, 0) is 24.3 Å². The third-order valence-corrected chi connectivity index (χ3v) is 6.64. The molecule has 0 aromatic carbocycles. The molecule has 0 aliphatic heterocycles. The van der Waals surface area contributed by atoms with Gasteiger partial charge in [-0.25, -0.2) is 13.2 Å². The Labute approximate surface area is 179 Å². The first-order chi connectivity index (χ1) is 13.6. The molecule has 0 saturated heterocycles. The minimum absolute atomic E-state index is 0.152. The van der Waals surface area contributed by atoms with E-state index >= 15 is 0 Å². The molecule has 0 radical (unpaired) electrons. The average Bonchev–Trinajstić information content (AvgIpc) is 2.56. The molecule has 9 nitrogen and oxygen atoms in total. The molecule has 1 aliphatic carbocycles. The van der Waals surface area contributed by atoms with Crippen LogP contribution in [0.2, 0.25) is 0 Å². The lowest BCUT2D eigenvalue weighted by molar-refractivity contribution is -0.121. The van der Waals surface area contributed by atoms with Crippen molar-refractivity contribution in [1.82, 2.24) is 14.9 Å². The van der Waals surface area contributed by atoms with E-state index in [4.69, 9.17) is 9.47 Å². The van der Waals surface area contributed by atoms with Gasteiger partial charge in [0, 0.05) is 33.7 Å². The molecule has 2 amide bonds. The van der Waals surface area contributed by atoms with E-state index in [2.05, 4.69) is 10.6 Å². The summed E-state index contributed by atoms with van der Waals surface area (Å²) in [7, 11) is -0.885. The lowest BCUT2D eigenvalue weighted by Gasteiger charge is -2.32. The Hall–Kier alpha value is -1.91. The third-order valence-electron chi connectivity index (χ3n) is 4.50. The Morgan fingerprint density at radius 1 is 1.20 bits per heavy atom. The zero-order valence-corrected chi connectivity index (χ0v) is 20.0. The van der Waals surface area contributed by atoms with Crippen molar-refractivity contribution in [2.75, 3.05) is 33.8 Å². The molecule has 0 aromatic rings. The van der Waals surface area contributed by atoms with E-state index in [1.165, 1.54) is 7.05 Å². The number of nitrogens with zero attached hydrogens (tertiary/aromatic N) is 1. The molecule has 0 bridgehead atoms. The number of rotatable bonds is 8. The van der Waals surface area contributed by atoms with Crippen molar-refractivity contribution < 1.29 is 27.5 Å². The number of amides is 2. The fourth-order valence-electron chi connectivity index (χ4n) is 3.25. The van der Waals surface area contributed by atoms with Crippen LogP contribution in [0.15, 0.2) is 22.1 Å². The van der Waals surface area contributed by atoms with Crippen LogP contribution in [0.25, 0.3) is 0 Å². The molecule has 1 unspecified atom stereocenters. The number of ether oxygens (including phenoxy) is 2. The summed E-state index contributed by atoms with van der Waals surface area (Å²) in [4.78, 5) is 23.9. The summed E-state index contributed by atoms with van der Waals surface area (Å²) < 4.78 is 37.7. The molecule has 1 rings (SSSR count). The fourth-order valence-corrected chi connectivity index (χ4v) is 4.83. The second kappa shape index (κ2) is 9.93. The van der Waals surface area contributed by atoms with Crippen LogP contribution in [0.5, 0.6) is 0 Å². The Kier molecular flexibility index (Phi) is 8.65. The van der Waals surface area contributed by atoms with Gasteiger partial charge in [-0.15, -0.1) is 0 Å². The number of hydrogen-bond acceptors (Lipinski definition) is 6. The quantitative estimate of drug-likeness (QED) is 0.552. The maximum absolute atomic E-state index is 13.0. The van der Waals surface area contributed by atoms with Crippen LogP contribution in [0.4, 0.5) is 4.79 Å². The first-order valence-electron chi connectivity index (χ1n) is 9.76. The van der Waals surface area contributed by atoms with Gasteiger partial charge in [0.1, 0.15) is 5.60 Å². The van der Waals surface area contributed by atoms with Crippen molar-refractivity contribution in [2.45, 2.75) is 59.2 Å². The van der Waals surface area contributed by atoms with Gasteiger partial charge in [-0.2, -0.15) is 4.31 Å². The second-order valence-corrected chi connectivity index (χ2v) is 10.7. The molecule has 0 aromatic heterocycles. The van der Waals surface area contributed by atoms with E-state index in [0.29, 0.717) is 17.6 Å². The van der Waals surface area contributed by atoms with E-state index < -0.39 is 33.2 Å². The van der Waals surface area contributed by atoms with E-state index in [1.54, 1.807) is 47.8 Å². The highest BCUT2D eigenvalue weighted by atomic mass is 32.2. The minimum atomic E-state index is -3.84. The number of carbonyl (C=O) groups excluding carboxylic acids is 2. The summed E-state index contributed by atoms with van der Waals surface area (Å²) in [6.07, 6.45) is 1.66. The van der Waals surface area contributed by atoms with Crippen molar-refractivity contribution >= 4 is 22.0 Å². The maximum Gasteiger partial charge on any atom is 0.407 e.